The molecular weight excluding hydrogens is 384 g/mol. The van der Waals surface area contributed by atoms with E-state index in [1.807, 2.05) is 13.8 Å². The van der Waals surface area contributed by atoms with Gasteiger partial charge in [-0.05, 0) is 26.7 Å². The third kappa shape index (κ3) is 7.10. The van der Waals surface area contributed by atoms with Crippen LogP contribution in [0.15, 0.2) is 5.38 Å². The first-order valence-electron chi connectivity index (χ1n) is 9.02. The number of esters is 2. The molecule has 0 saturated heterocycles. The molecule has 1 heterocycles. The summed E-state index contributed by atoms with van der Waals surface area (Å²) >= 11 is 1.20. The summed E-state index contributed by atoms with van der Waals surface area (Å²) in [6, 6.07) is -0.273. The summed E-state index contributed by atoms with van der Waals surface area (Å²) in [4.78, 5) is 41.6. The van der Waals surface area contributed by atoms with Gasteiger partial charge in [-0.25, -0.2) is 14.6 Å². The van der Waals surface area contributed by atoms with Crippen LogP contribution in [-0.2, 0) is 19.0 Å². The fraction of sp³-hybridized carbons (Fsp3) is 0.684. The molecule has 0 N–H and O–H groups in total. The first-order valence-corrected chi connectivity index (χ1v) is 9.90. The van der Waals surface area contributed by atoms with E-state index in [1.54, 1.807) is 33.2 Å². The maximum Gasteiger partial charge on any atom is 0.410 e. The molecule has 1 aromatic rings. The SMILES string of the molecule is COC(=O)c1csc([C@@H](C[C@H](C(C)C)N(C)C(=O)OC(C)(C)C)OC(C)=O)n1. The van der Waals surface area contributed by atoms with E-state index in [2.05, 4.69) is 9.72 Å². The van der Waals surface area contributed by atoms with Crippen LogP contribution >= 0.6 is 11.3 Å². The maximum absolute atomic E-state index is 12.5. The minimum atomic E-state index is -0.696. The zero-order chi connectivity index (χ0) is 21.6. The zero-order valence-electron chi connectivity index (χ0n) is 17.8. The lowest BCUT2D eigenvalue weighted by molar-refractivity contribution is -0.147. The molecule has 8 nitrogen and oxygen atoms in total. The summed E-state index contributed by atoms with van der Waals surface area (Å²) in [7, 11) is 2.93. The molecule has 0 aromatic carbocycles. The minimum absolute atomic E-state index is 0.0654. The highest BCUT2D eigenvalue weighted by Crippen LogP contribution is 2.30. The number of hydrogen-bond donors (Lipinski definition) is 0. The van der Waals surface area contributed by atoms with Crippen LogP contribution < -0.4 is 0 Å². The average Bonchev–Trinajstić information content (AvgIpc) is 3.05. The Hall–Kier alpha value is -2.16. The predicted octanol–water partition coefficient (Wildman–Crippen LogP) is 3.82. The predicted molar refractivity (Wildman–Crippen MR) is 105 cm³/mol. The van der Waals surface area contributed by atoms with Gasteiger partial charge in [0.05, 0.1) is 7.11 Å². The Morgan fingerprint density at radius 3 is 2.32 bits per heavy atom. The zero-order valence-corrected chi connectivity index (χ0v) is 18.6. The van der Waals surface area contributed by atoms with Gasteiger partial charge in [-0.3, -0.25) is 4.79 Å². The molecule has 0 unspecified atom stereocenters. The Bertz CT molecular complexity index is 695. The lowest BCUT2D eigenvalue weighted by Crippen LogP contribution is -2.44. The third-order valence-electron chi connectivity index (χ3n) is 3.90. The van der Waals surface area contributed by atoms with Crippen LogP contribution in [0.3, 0.4) is 0 Å². The largest absolute Gasteiger partial charge is 0.464 e. The van der Waals surface area contributed by atoms with E-state index in [1.165, 1.54) is 30.3 Å². The Morgan fingerprint density at radius 2 is 1.86 bits per heavy atom. The van der Waals surface area contributed by atoms with E-state index in [0.29, 0.717) is 11.4 Å². The van der Waals surface area contributed by atoms with Gasteiger partial charge in [0.1, 0.15) is 10.6 Å². The van der Waals surface area contributed by atoms with E-state index in [0.717, 1.165) is 0 Å². The number of thiazole rings is 1. The van der Waals surface area contributed by atoms with E-state index in [-0.39, 0.29) is 17.7 Å². The summed E-state index contributed by atoms with van der Waals surface area (Å²) in [5.41, 5.74) is -0.464. The monoisotopic (exact) mass is 414 g/mol. The summed E-state index contributed by atoms with van der Waals surface area (Å²) in [5, 5.41) is 2.03. The minimum Gasteiger partial charge on any atom is -0.464 e. The van der Waals surface area contributed by atoms with Crippen LogP contribution in [-0.4, -0.2) is 53.7 Å². The number of methoxy groups -OCH3 is 1. The van der Waals surface area contributed by atoms with Crippen molar-refractivity contribution in [2.45, 2.75) is 65.7 Å². The van der Waals surface area contributed by atoms with Crippen molar-refractivity contribution in [3.63, 3.8) is 0 Å². The van der Waals surface area contributed by atoms with Crippen molar-refractivity contribution in [1.82, 2.24) is 9.88 Å². The molecule has 28 heavy (non-hydrogen) atoms. The topological polar surface area (TPSA) is 95.0 Å². The number of hydrogen-bond acceptors (Lipinski definition) is 8. The lowest BCUT2D eigenvalue weighted by atomic mass is 9.96. The van der Waals surface area contributed by atoms with Gasteiger partial charge >= 0.3 is 18.0 Å². The third-order valence-corrected chi connectivity index (χ3v) is 4.84. The molecule has 1 amide bonds. The van der Waals surface area contributed by atoms with Crippen LogP contribution in [0, 0.1) is 5.92 Å². The fourth-order valence-electron chi connectivity index (χ4n) is 2.60. The summed E-state index contributed by atoms with van der Waals surface area (Å²) in [5.74, 6) is -0.965. The molecule has 158 valence electrons. The van der Waals surface area contributed by atoms with Crippen LogP contribution in [0.2, 0.25) is 0 Å². The van der Waals surface area contributed by atoms with Gasteiger partial charge in [-0.2, -0.15) is 0 Å². The van der Waals surface area contributed by atoms with Gasteiger partial charge in [-0.1, -0.05) is 13.8 Å². The summed E-state index contributed by atoms with van der Waals surface area (Å²) < 4.78 is 15.6. The van der Waals surface area contributed by atoms with Gasteiger partial charge < -0.3 is 19.1 Å². The molecule has 2 atom stereocenters. The molecule has 0 radical (unpaired) electrons. The van der Waals surface area contributed by atoms with Crippen molar-refractivity contribution < 1.29 is 28.6 Å². The highest BCUT2D eigenvalue weighted by atomic mass is 32.1. The highest BCUT2D eigenvalue weighted by molar-refractivity contribution is 7.09. The van der Waals surface area contributed by atoms with Gasteiger partial charge in [0.15, 0.2) is 11.8 Å². The molecule has 1 aromatic heterocycles. The quantitative estimate of drug-likeness (QED) is 0.494. The molecule has 9 heteroatoms. The van der Waals surface area contributed by atoms with Crippen molar-refractivity contribution in [3.05, 3.63) is 16.1 Å². The highest BCUT2D eigenvalue weighted by Gasteiger charge is 2.32. The van der Waals surface area contributed by atoms with Crippen molar-refractivity contribution >= 4 is 29.4 Å². The van der Waals surface area contributed by atoms with E-state index in [4.69, 9.17) is 9.47 Å². The molecular formula is C19H30N2O6S. The fourth-order valence-corrected chi connectivity index (χ4v) is 3.43. The Labute approximate surface area is 170 Å². The molecule has 0 spiro atoms. The smallest absolute Gasteiger partial charge is 0.410 e. The number of amides is 1. The molecule has 1 rings (SSSR count). The molecule has 0 aliphatic carbocycles. The standard InChI is InChI=1S/C19H30N2O6S/c1-11(2)14(21(7)18(24)27-19(4,5)6)9-15(26-12(3)22)16-20-13(10-28-16)17(23)25-8/h10-11,14-15H,9H2,1-8H3/t14-,15-/m1/s1. The first-order chi connectivity index (χ1) is 12.9. The Kier molecular flexibility index (Phi) is 8.41. The molecule has 0 fully saturated rings. The maximum atomic E-state index is 12.5. The number of nitrogens with zero attached hydrogens (tertiary/aromatic N) is 2. The number of carbonyl (C=O) groups excluding carboxylic acids is 3. The number of rotatable bonds is 7. The number of carbonyl (C=O) groups is 3. The van der Waals surface area contributed by atoms with Crippen molar-refractivity contribution in [1.29, 1.82) is 0 Å². The second-order valence-electron chi connectivity index (χ2n) is 7.80. The Morgan fingerprint density at radius 1 is 1.25 bits per heavy atom. The first kappa shape index (κ1) is 23.9. The molecule has 0 aliphatic rings. The van der Waals surface area contributed by atoms with Crippen molar-refractivity contribution in [2.24, 2.45) is 5.92 Å². The number of ether oxygens (including phenoxy) is 3. The van der Waals surface area contributed by atoms with Crippen LogP contribution in [0.5, 0.6) is 0 Å². The summed E-state index contributed by atoms with van der Waals surface area (Å²) in [6.07, 6.45) is -0.832. The second-order valence-corrected chi connectivity index (χ2v) is 8.69. The molecule has 0 aliphatic heterocycles. The summed E-state index contributed by atoms with van der Waals surface area (Å²) in [6.45, 7) is 10.7. The van der Waals surface area contributed by atoms with Crippen LogP contribution in [0.4, 0.5) is 4.79 Å². The molecule has 0 bridgehead atoms. The Balaban J connectivity index is 3.09. The van der Waals surface area contributed by atoms with E-state index >= 15 is 0 Å². The average molecular weight is 415 g/mol. The van der Waals surface area contributed by atoms with Gasteiger partial charge in [0.25, 0.3) is 0 Å². The van der Waals surface area contributed by atoms with E-state index < -0.39 is 29.7 Å². The van der Waals surface area contributed by atoms with Crippen LogP contribution in [0.1, 0.15) is 69.6 Å². The normalized spacial score (nSPS) is 13.6. The van der Waals surface area contributed by atoms with Crippen molar-refractivity contribution in [3.8, 4) is 0 Å². The van der Waals surface area contributed by atoms with Crippen LogP contribution in [0.25, 0.3) is 0 Å². The molecule has 0 saturated carbocycles. The van der Waals surface area contributed by atoms with Crippen molar-refractivity contribution in [2.75, 3.05) is 14.2 Å². The second kappa shape index (κ2) is 9.86. The lowest BCUT2D eigenvalue weighted by Gasteiger charge is -2.34. The van der Waals surface area contributed by atoms with Gasteiger partial charge in [0.2, 0.25) is 0 Å². The van der Waals surface area contributed by atoms with Gasteiger partial charge in [0, 0.05) is 31.8 Å². The van der Waals surface area contributed by atoms with E-state index in [9.17, 15) is 14.4 Å². The number of aromatic nitrogens is 1. The van der Waals surface area contributed by atoms with Gasteiger partial charge in [-0.15, -0.1) is 11.3 Å².